The van der Waals surface area contributed by atoms with Crippen molar-refractivity contribution >= 4 is 57.7 Å². The molecule has 0 spiro atoms. The Labute approximate surface area is 296 Å². The summed E-state index contributed by atoms with van der Waals surface area (Å²) in [4.78, 5) is 41.2. The van der Waals surface area contributed by atoms with E-state index in [-0.39, 0.29) is 11.4 Å². The van der Waals surface area contributed by atoms with E-state index in [9.17, 15) is 27.6 Å². The molecule has 6 nitrogen and oxygen atoms in total. The first-order chi connectivity index (χ1) is 24.7. The molecule has 0 aliphatic heterocycles. The first kappa shape index (κ1) is 34.7. The maximum absolute atomic E-state index is 13.8. The Hall–Kier alpha value is -6.13. The molecular weight excluding hydrogens is 672 g/mol. The molecule has 51 heavy (non-hydrogen) atoms. The van der Waals surface area contributed by atoms with Crippen LogP contribution in [0.3, 0.4) is 0 Å². The Morgan fingerprint density at radius 3 is 2.08 bits per heavy atom. The number of fused-ring (bicyclic) bond motifs is 1. The highest BCUT2D eigenvalue weighted by Gasteiger charge is 2.34. The fourth-order valence-corrected chi connectivity index (χ4v) is 6.48. The third kappa shape index (κ3) is 8.73. The summed E-state index contributed by atoms with van der Waals surface area (Å²) in [5, 5.41) is 8.99. The van der Waals surface area contributed by atoms with Gasteiger partial charge in [-0.05, 0) is 70.4 Å². The van der Waals surface area contributed by atoms with Crippen LogP contribution >= 0.6 is 11.8 Å². The number of amides is 3. The molecule has 0 fully saturated rings. The molecule has 254 valence electrons. The number of thioether (sulfide) groups is 1. The summed E-state index contributed by atoms with van der Waals surface area (Å²) in [6, 6.07) is 42.1. The number of nitrogens with one attached hydrogen (secondary N) is 3. The molecule has 10 heteroatoms. The molecule has 3 N–H and O–H groups in total. The third-order valence-electron chi connectivity index (χ3n) is 7.83. The molecule has 0 bridgehead atoms. The van der Waals surface area contributed by atoms with Gasteiger partial charge < -0.3 is 16.0 Å². The number of alkyl halides is 3. The average molecular weight is 702 g/mol. The minimum atomic E-state index is -4.66. The number of rotatable bonds is 10. The van der Waals surface area contributed by atoms with Gasteiger partial charge in [-0.3, -0.25) is 14.4 Å². The summed E-state index contributed by atoms with van der Waals surface area (Å²) in [7, 11) is 0. The Bertz CT molecular complexity index is 2220. The number of carbonyl (C=O) groups excluding carboxylic acids is 3. The molecule has 0 aromatic heterocycles. The van der Waals surface area contributed by atoms with Gasteiger partial charge in [0.25, 0.3) is 11.8 Å². The van der Waals surface area contributed by atoms with Crippen molar-refractivity contribution in [3.63, 3.8) is 0 Å². The zero-order chi connectivity index (χ0) is 35.8. The van der Waals surface area contributed by atoms with Crippen LogP contribution in [0.15, 0.2) is 162 Å². The Morgan fingerprint density at radius 1 is 0.667 bits per heavy atom. The lowest BCUT2D eigenvalue weighted by atomic mass is 10.0. The van der Waals surface area contributed by atoms with Crippen LogP contribution < -0.4 is 16.0 Å². The number of benzene rings is 6. The zero-order valence-corrected chi connectivity index (χ0v) is 27.7. The van der Waals surface area contributed by atoms with Crippen LogP contribution in [0.2, 0.25) is 0 Å². The summed E-state index contributed by atoms with van der Waals surface area (Å²) in [6.07, 6.45) is -3.04. The summed E-state index contributed by atoms with van der Waals surface area (Å²) in [5.74, 6) is -1.71. The Morgan fingerprint density at radius 2 is 1.31 bits per heavy atom. The minimum Gasteiger partial charge on any atom is -0.324 e. The summed E-state index contributed by atoms with van der Waals surface area (Å²) >= 11 is 1.12. The quantitative estimate of drug-likeness (QED) is 0.0981. The van der Waals surface area contributed by atoms with Crippen LogP contribution in [0, 0.1) is 0 Å². The lowest BCUT2D eigenvalue weighted by Crippen LogP contribution is -2.30. The smallest absolute Gasteiger partial charge is 0.324 e. The highest BCUT2D eigenvalue weighted by Crippen LogP contribution is 2.39. The molecule has 1 unspecified atom stereocenters. The van der Waals surface area contributed by atoms with E-state index in [4.69, 9.17) is 0 Å². The fourth-order valence-electron chi connectivity index (χ4n) is 5.39. The van der Waals surface area contributed by atoms with E-state index in [0.717, 1.165) is 34.2 Å². The Balaban J connectivity index is 1.28. The molecule has 1 atom stereocenters. The van der Waals surface area contributed by atoms with E-state index in [1.54, 1.807) is 91.0 Å². The van der Waals surface area contributed by atoms with Crippen molar-refractivity contribution in [3.8, 4) is 0 Å². The van der Waals surface area contributed by atoms with Gasteiger partial charge in [0.1, 0.15) is 10.9 Å². The van der Waals surface area contributed by atoms with Gasteiger partial charge in [-0.1, -0.05) is 109 Å². The van der Waals surface area contributed by atoms with E-state index in [0.29, 0.717) is 21.7 Å². The first-order valence-electron chi connectivity index (χ1n) is 15.8. The first-order valence-corrected chi connectivity index (χ1v) is 16.7. The van der Waals surface area contributed by atoms with Crippen molar-refractivity contribution in [2.24, 2.45) is 0 Å². The molecule has 0 aliphatic rings. The van der Waals surface area contributed by atoms with Crippen LogP contribution in [0.25, 0.3) is 16.8 Å². The van der Waals surface area contributed by atoms with Crippen molar-refractivity contribution < 1.29 is 27.6 Å². The second-order valence-electron chi connectivity index (χ2n) is 11.4. The summed E-state index contributed by atoms with van der Waals surface area (Å²) in [5.41, 5.74) is 0.742. The lowest BCUT2D eigenvalue weighted by molar-refractivity contribution is -0.137. The standard InChI is InChI=1S/C41H30F3N3O3S/c42-41(43,44)34-23-9-10-24-35(34)46-40(50)37(28-14-3-1-4-15-28)51-32-21-12-20-31(26-32)45-39(49)36(47-38(48)29-16-5-2-6-17-29)25-30-19-11-18-27-13-7-8-22-33(27)30/h1-26,37H,(H,45,49)(H,46,50)(H,47,48)/b36-25+. The van der Waals surface area contributed by atoms with Crippen molar-refractivity contribution in [1.29, 1.82) is 0 Å². The van der Waals surface area contributed by atoms with Gasteiger partial charge in [0, 0.05) is 16.1 Å². The molecule has 6 rings (SSSR count). The molecular formula is C41H30F3N3O3S. The number of anilines is 2. The SMILES string of the molecule is O=C(Nc1cccc(SC(C(=O)Nc2ccccc2C(F)(F)F)c2ccccc2)c1)/C(=C\c1cccc2ccccc12)NC(=O)c1ccccc1. The van der Waals surface area contributed by atoms with Gasteiger partial charge in [-0.2, -0.15) is 13.2 Å². The van der Waals surface area contributed by atoms with Gasteiger partial charge in [-0.25, -0.2) is 0 Å². The van der Waals surface area contributed by atoms with Crippen LogP contribution in [-0.4, -0.2) is 17.7 Å². The lowest BCUT2D eigenvalue weighted by Gasteiger charge is -2.19. The largest absolute Gasteiger partial charge is 0.418 e. The molecule has 3 amide bonds. The number of hydrogen-bond donors (Lipinski definition) is 3. The van der Waals surface area contributed by atoms with E-state index in [1.165, 1.54) is 18.2 Å². The fraction of sp³-hybridized carbons (Fsp3) is 0.0488. The topological polar surface area (TPSA) is 87.3 Å². The van der Waals surface area contributed by atoms with Gasteiger partial charge in [0.2, 0.25) is 5.91 Å². The predicted molar refractivity (Wildman–Crippen MR) is 196 cm³/mol. The average Bonchev–Trinajstić information content (AvgIpc) is 3.14. The number of halogens is 3. The van der Waals surface area contributed by atoms with Crippen LogP contribution in [0.5, 0.6) is 0 Å². The van der Waals surface area contributed by atoms with Crippen molar-refractivity contribution in [2.45, 2.75) is 16.3 Å². The van der Waals surface area contributed by atoms with Crippen LogP contribution in [0.4, 0.5) is 24.5 Å². The normalized spacial score (nSPS) is 12.2. The van der Waals surface area contributed by atoms with E-state index in [1.807, 2.05) is 42.5 Å². The molecule has 0 aliphatic carbocycles. The highest BCUT2D eigenvalue weighted by molar-refractivity contribution is 8.00. The van der Waals surface area contributed by atoms with Crippen molar-refractivity contribution in [2.75, 3.05) is 10.6 Å². The van der Waals surface area contributed by atoms with Gasteiger partial charge in [-0.15, -0.1) is 11.8 Å². The van der Waals surface area contributed by atoms with E-state index < -0.39 is 34.7 Å². The van der Waals surface area contributed by atoms with Gasteiger partial charge in [0.05, 0.1) is 11.3 Å². The van der Waals surface area contributed by atoms with E-state index >= 15 is 0 Å². The molecule has 0 saturated carbocycles. The monoisotopic (exact) mass is 701 g/mol. The molecule has 0 radical (unpaired) electrons. The zero-order valence-electron chi connectivity index (χ0n) is 26.9. The van der Waals surface area contributed by atoms with E-state index in [2.05, 4.69) is 16.0 Å². The number of para-hydroxylation sites is 1. The highest BCUT2D eigenvalue weighted by atomic mass is 32.2. The Kier molecular flexibility index (Phi) is 10.6. The molecule has 0 saturated heterocycles. The second kappa shape index (κ2) is 15.6. The number of carbonyl (C=O) groups is 3. The molecule has 6 aromatic carbocycles. The van der Waals surface area contributed by atoms with Crippen molar-refractivity contribution in [1.82, 2.24) is 5.32 Å². The maximum Gasteiger partial charge on any atom is 0.418 e. The molecule has 0 heterocycles. The van der Waals surface area contributed by atoms with Crippen LogP contribution in [-0.2, 0) is 15.8 Å². The molecule has 6 aromatic rings. The summed E-state index contributed by atoms with van der Waals surface area (Å²) < 4.78 is 41.1. The summed E-state index contributed by atoms with van der Waals surface area (Å²) in [6.45, 7) is 0. The second-order valence-corrected chi connectivity index (χ2v) is 12.5. The van der Waals surface area contributed by atoms with Crippen molar-refractivity contribution in [3.05, 3.63) is 180 Å². The predicted octanol–water partition coefficient (Wildman–Crippen LogP) is 9.74. The third-order valence-corrected chi connectivity index (χ3v) is 9.08. The van der Waals surface area contributed by atoms with Crippen LogP contribution in [0.1, 0.15) is 32.3 Å². The van der Waals surface area contributed by atoms with Gasteiger partial charge >= 0.3 is 6.18 Å². The van der Waals surface area contributed by atoms with Gasteiger partial charge in [0.15, 0.2) is 0 Å². The number of hydrogen-bond acceptors (Lipinski definition) is 4. The maximum atomic E-state index is 13.8. The minimum absolute atomic E-state index is 0.00290.